The third-order valence-electron chi connectivity index (χ3n) is 2.95. The first-order chi connectivity index (χ1) is 10.7. The Morgan fingerprint density at radius 2 is 1.65 bits per heavy atom. The van der Waals surface area contributed by atoms with Gasteiger partial charge in [-0.05, 0) is 31.8 Å². The molecule has 0 aliphatic carbocycles. The second-order valence-electron chi connectivity index (χ2n) is 5.04. The Morgan fingerprint density at radius 3 is 2.09 bits per heavy atom. The van der Waals surface area contributed by atoms with E-state index in [1.165, 1.54) is 18.7 Å². The maximum absolute atomic E-state index is 12.2. The maximum atomic E-state index is 12.2. The van der Waals surface area contributed by atoms with E-state index in [-0.39, 0.29) is 12.8 Å². The summed E-state index contributed by atoms with van der Waals surface area (Å²) < 4.78 is 0. The zero-order valence-electron chi connectivity index (χ0n) is 13.2. The Balaban J connectivity index is 4.85. The lowest BCUT2D eigenvalue weighted by Gasteiger charge is -2.22. The fraction of sp³-hybridized carbons (Fsp3) is 0.692. The van der Waals surface area contributed by atoms with Crippen molar-refractivity contribution in [2.24, 2.45) is 11.5 Å². The molecule has 0 aromatic rings. The second kappa shape index (κ2) is 10.8. The molecule has 0 fully saturated rings. The van der Waals surface area contributed by atoms with Crippen molar-refractivity contribution >= 4 is 35.5 Å². The highest BCUT2D eigenvalue weighted by molar-refractivity contribution is 7.98. The number of aliphatic carboxylic acids is 1. The van der Waals surface area contributed by atoms with Crippen LogP contribution in [0.2, 0.25) is 0 Å². The van der Waals surface area contributed by atoms with Crippen LogP contribution in [-0.4, -0.2) is 58.9 Å². The fourth-order valence-corrected chi connectivity index (χ4v) is 2.10. The molecule has 0 radical (unpaired) electrons. The average Bonchev–Trinajstić information content (AvgIpc) is 2.46. The molecule has 0 heterocycles. The minimum absolute atomic E-state index is 0.118. The molecule has 0 aromatic carbocycles. The minimum atomic E-state index is -1.28. The number of primary amides is 1. The van der Waals surface area contributed by atoms with Gasteiger partial charge in [0.1, 0.15) is 12.1 Å². The Labute approximate surface area is 138 Å². The molecule has 23 heavy (non-hydrogen) atoms. The van der Waals surface area contributed by atoms with Gasteiger partial charge in [-0.1, -0.05) is 0 Å². The molecule has 0 rings (SSSR count). The zero-order valence-corrected chi connectivity index (χ0v) is 14.0. The van der Waals surface area contributed by atoms with E-state index < -0.39 is 41.8 Å². The van der Waals surface area contributed by atoms with Gasteiger partial charge in [-0.25, -0.2) is 4.79 Å². The predicted octanol–water partition coefficient (Wildman–Crippen LogP) is -1.59. The number of rotatable bonds is 11. The standard InChI is InChI=1S/C13H24N4O5S/c1-7(14)11(19)16-8(5-6-23-2)12(20)17-9(13(21)22)3-4-10(15)18/h7-9H,3-6,14H2,1-2H3,(H2,15,18)(H,16,19)(H,17,20)(H,21,22)/t7-,8-,9-/m0/s1. The first kappa shape index (κ1) is 21.2. The van der Waals surface area contributed by atoms with Gasteiger partial charge in [0.05, 0.1) is 6.04 Å². The third kappa shape index (κ3) is 9.04. The molecular weight excluding hydrogens is 324 g/mol. The SMILES string of the molecule is CSCC[C@H](NC(=O)[C@H](C)N)C(=O)N[C@@H](CCC(N)=O)C(=O)O. The summed E-state index contributed by atoms with van der Waals surface area (Å²) in [4.78, 5) is 45.8. The number of carbonyl (C=O) groups is 4. The van der Waals surface area contributed by atoms with Crippen molar-refractivity contribution in [3.8, 4) is 0 Å². The van der Waals surface area contributed by atoms with Gasteiger partial charge in [-0.15, -0.1) is 0 Å². The molecule has 10 heteroatoms. The predicted molar refractivity (Wildman–Crippen MR) is 86.6 cm³/mol. The van der Waals surface area contributed by atoms with Gasteiger partial charge in [0.2, 0.25) is 17.7 Å². The van der Waals surface area contributed by atoms with Crippen LogP contribution in [0.15, 0.2) is 0 Å². The van der Waals surface area contributed by atoms with Gasteiger partial charge < -0.3 is 27.2 Å². The van der Waals surface area contributed by atoms with Gasteiger partial charge in [-0.2, -0.15) is 11.8 Å². The van der Waals surface area contributed by atoms with Crippen molar-refractivity contribution < 1.29 is 24.3 Å². The largest absolute Gasteiger partial charge is 0.480 e. The first-order valence-corrected chi connectivity index (χ1v) is 8.44. The molecule has 9 nitrogen and oxygen atoms in total. The summed E-state index contributed by atoms with van der Waals surface area (Å²) in [5.74, 6) is -2.48. The first-order valence-electron chi connectivity index (χ1n) is 7.05. The van der Waals surface area contributed by atoms with Gasteiger partial charge in [0.15, 0.2) is 0 Å². The van der Waals surface area contributed by atoms with E-state index in [9.17, 15) is 19.2 Å². The molecule has 3 atom stereocenters. The molecule has 0 aromatic heterocycles. The van der Waals surface area contributed by atoms with E-state index in [0.29, 0.717) is 12.2 Å². The van der Waals surface area contributed by atoms with Crippen LogP contribution in [0, 0.1) is 0 Å². The topological polar surface area (TPSA) is 165 Å². The lowest BCUT2D eigenvalue weighted by molar-refractivity contribution is -0.142. The van der Waals surface area contributed by atoms with Crippen LogP contribution in [0.3, 0.4) is 0 Å². The highest BCUT2D eigenvalue weighted by Gasteiger charge is 2.27. The van der Waals surface area contributed by atoms with Crippen LogP contribution in [-0.2, 0) is 19.2 Å². The highest BCUT2D eigenvalue weighted by Crippen LogP contribution is 2.04. The van der Waals surface area contributed by atoms with Crippen molar-refractivity contribution in [3.63, 3.8) is 0 Å². The Hall–Kier alpha value is -1.81. The number of thioether (sulfide) groups is 1. The highest BCUT2D eigenvalue weighted by atomic mass is 32.2. The number of hydrogen-bond donors (Lipinski definition) is 5. The molecule has 0 spiro atoms. The molecule has 0 aliphatic rings. The second-order valence-corrected chi connectivity index (χ2v) is 6.02. The lowest BCUT2D eigenvalue weighted by Crippen LogP contribution is -2.54. The van der Waals surface area contributed by atoms with E-state index >= 15 is 0 Å². The number of carbonyl (C=O) groups excluding carboxylic acids is 3. The summed E-state index contributed by atoms with van der Waals surface area (Å²) in [5, 5.41) is 13.9. The number of nitrogens with two attached hydrogens (primary N) is 2. The van der Waals surface area contributed by atoms with Gasteiger partial charge in [-0.3, -0.25) is 14.4 Å². The molecule has 3 amide bonds. The third-order valence-corrected chi connectivity index (χ3v) is 3.60. The van der Waals surface area contributed by atoms with Crippen molar-refractivity contribution in [2.45, 2.75) is 44.3 Å². The smallest absolute Gasteiger partial charge is 0.326 e. The summed E-state index contributed by atoms with van der Waals surface area (Å²) in [7, 11) is 0. The Morgan fingerprint density at radius 1 is 1.09 bits per heavy atom. The minimum Gasteiger partial charge on any atom is -0.480 e. The summed E-state index contributed by atoms with van der Waals surface area (Å²) in [6.07, 6.45) is 1.88. The monoisotopic (exact) mass is 348 g/mol. The van der Waals surface area contributed by atoms with Crippen LogP contribution in [0.25, 0.3) is 0 Å². The molecule has 0 saturated carbocycles. The Kier molecular flexibility index (Phi) is 9.99. The van der Waals surface area contributed by atoms with E-state index in [2.05, 4.69) is 10.6 Å². The molecule has 7 N–H and O–H groups in total. The summed E-state index contributed by atoms with van der Waals surface area (Å²) in [6, 6.07) is -2.93. The molecule has 132 valence electrons. The number of hydrogen-bond acceptors (Lipinski definition) is 6. The van der Waals surface area contributed by atoms with Crippen molar-refractivity contribution in [1.29, 1.82) is 0 Å². The number of carboxylic acid groups (broad SMARTS) is 1. The van der Waals surface area contributed by atoms with Crippen LogP contribution < -0.4 is 22.1 Å². The zero-order chi connectivity index (χ0) is 18.0. The van der Waals surface area contributed by atoms with E-state index in [0.717, 1.165) is 0 Å². The van der Waals surface area contributed by atoms with Crippen molar-refractivity contribution in [2.75, 3.05) is 12.0 Å². The molecular formula is C13H24N4O5S. The van der Waals surface area contributed by atoms with Gasteiger partial charge in [0.25, 0.3) is 0 Å². The van der Waals surface area contributed by atoms with Crippen LogP contribution >= 0.6 is 11.8 Å². The molecule has 0 unspecified atom stereocenters. The molecule has 0 bridgehead atoms. The normalized spacial score (nSPS) is 14.4. The van der Waals surface area contributed by atoms with E-state index in [4.69, 9.17) is 16.6 Å². The summed E-state index contributed by atoms with van der Waals surface area (Å²) >= 11 is 1.48. The van der Waals surface area contributed by atoms with Crippen LogP contribution in [0.4, 0.5) is 0 Å². The van der Waals surface area contributed by atoms with E-state index in [1.54, 1.807) is 0 Å². The van der Waals surface area contributed by atoms with Gasteiger partial charge in [0, 0.05) is 6.42 Å². The van der Waals surface area contributed by atoms with E-state index in [1.807, 2.05) is 6.26 Å². The molecule has 0 saturated heterocycles. The maximum Gasteiger partial charge on any atom is 0.326 e. The van der Waals surface area contributed by atoms with Crippen LogP contribution in [0.1, 0.15) is 26.2 Å². The fourth-order valence-electron chi connectivity index (χ4n) is 1.62. The lowest BCUT2D eigenvalue weighted by atomic mass is 10.1. The van der Waals surface area contributed by atoms with Crippen molar-refractivity contribution in [1.82, 2.24) is 10.6 Å². The number of nitrogens with one attached hydrogen (secondary N) is 2. The molecule has 0 aliphatic heterocycles. The van der Waals surface area contributed by atoms with Gasteiger partial charge >= 0.3 is 5.97 Å². The summed E-state index contributed by atoms with van der Waals surface area (Å²) in [5.41, 5.74) is 10.4. The number of amides is 3. The summed E-state index contributed by atoms with van der Waals surface area (Å²) in [6.45, 7) is 1.48. The quantitative estimate of drug-likeness (QED) is 0.300. The van der Waals surface area contributed by atoms with Crippen molar-refractivity contribution in [3.05, 3.63) is 0 Å². The van der Waals surface area contributed by atoms with Crippen LogP contribution in [0.5, 0.6) is 0 Å². The average molecular weight is 348 g/mol. The number of carboxylic acids is 1. The Bertz CT molecular complexity index is 444.